The van der Waals surface area contributed by atoms with E-state index in [0.29, 0.717) is 31.1 Å². The fourth-order valence-electron chi connectivity index (χ4n) is 4.56. The molecule has 10 heteroatoms. The van der Waals surface area contributed by atoms with Gasteiger partial charge in [-0.1, -0.05) is 26.2 Å². The van der Waals surface area contributed by atoms with Gasteiger partial charge in [-0.25, -0.2) is 9.78 Å². The van der Waals surface area contributed by atoms with Crippen molar-refractivity contribution in [3.63, 3.8) is 0 Å². The van der Waals surface area contributed by atoms with Crippen molar-refractivity contribution in [2.24, 2.45) is 5.10 Å². The Morgan fingerprint density at radius 3 is 2.84 bits per heavy atom. The molecule has 3 aliphatic rings. The predicted octanol–water partition coefficient (Wildman–Crippen LogP) is 3.35. The van der Waals surface area contributed by atoms with Crippen molar-refractivity contribution in [1.29, 1.82) is 0 Å². The molecule has 9 nitrogen and oxygen atoms in total. The van der Waals surface area contributed by atoms with E-state index < -0.39 is 0 Å². The maximum absolute atomic E-state index is 12.5. The standard InChI is InChI=1S/C22H31BrN6O3/c1-3-4-9-32-22(31)27-16-8-6-5-7-15(16)26-20-18(23)14-11-24-21(30)17(14)19(28-20)13-10-25-29(2)12-13/h10,13,15-16H,3-9,11-12H2,1-2H3,(H,24,30)(H,26,28)(H,27,31)/t13?,15-,16+/m1/s1. The third-order valence-corrected chi connectivity index (χ3v) is 7.15. The number of unbranched alkanes of at least 4 members (excludes halogenated alkanes) is 1. The number of hydrogen-bond acceptors (Lipinski definition) is 7. The Bertz CT molecular complexity index is 908. The van der Waals surface area contributed by atoms with E-state index in [9.17, 15) is 9.59 Å². The molecule has 1 aromatic heterocycles. The first kappa shape index (κ1) is 22.8. The van der Waals surface area contributed by atoms with Crippen LogP contribution < -0.4 is 16.0 Å². The number of likely N-dealkylation sites (N-methyl/N-ethyl adjacent to an activating group) is 1. The Kier molecular flexibility index (Phi) is 7.17. The topological polar surface area (TPSA) is 108 Å². The maximum atomic E-state index is 12.5. The summed E-state index contributed by atoms with van der Waals surface area (Å²) in [5.74, 6) is 0.570. The van der Waals surface area contributed by atoms with Gasteiger partial charge in [0.15, 0.2) is 0 Å². The molecular formula is C22H31BrN6O3. The number of alkyl carbamates (subject to hydrolysis) is 1. The van der Waals surface area contributed by atoms with Crippen molar-refractivity contribution in [2.45, 2.75) is 70.0 Å². The Balaban J connectivity index is 1.55. The van der Waals surface area contributed by atoms with Crippen LogP contribution in [0.15, 0.2) is 9.57 Å². The number of fused-ring (bicyclic) bond motifs is 1. The van der Waals surface area contributed by atoms with Crippen LogP contribution in [-0.4, -0.2) is 60.5 Å². The number of halogens is 1. The summed E-state index contributed by atoms with van der Waals surface area (Å²) in [5.41, 5.74) is 2.31. The second-order valence-corrected chi connectivity index (χ2v) is 9.48. The average Bonchev–Trinajstić information content (AvgIpc) is 3.38. The summed E-state index contributed by atoms with van der Waals surface area (Å²) >= 11 is 3.68. The molecule has 2 amide bonds. The van der Waals surface area contributed by atoms with Gasteiger partial charge in [-0.15, -0.1) is 0 Å². The molecule has 3 heterocycles. The first-order valence-corrected chi connectivity index (χ1v) is 12.2. The van der Waals surface area contributed by atoms with E-state index in [-0.39, 0.29) is 30.0 Å². The van der Waals surface area contributed by atoms with E-state index in [4.69, 9.17) is 9.72 Å². The van der Waals surface area contributed by atoms with Crippen molar-refractivity contribution >= 4 is 40.0 Å². The first-order valence-electron chi connectivity index (χ1n) is 11.4. The molecule has 1 fully saturated rings. The molecule has 1 aliphatic carbocycles. The summed E-state index contributed by atoms with van der Waals surface area (Å²) < 4.78 is 6.11. The molecule has 174 valence electrons. The van der Waals surface area contributed by atoms with E-state index in [1.807, 2.05) is 18.3 Å². The van der Waals surface area contributed by atoms with Gasteiger partial charge in [-0.2, -0.15) is 5.10 Å². The number of carbonyl (C=O) groups excluding carboxylic acids is 2. The van der Waals surface area contributed by atoms with Gasteiger partial charge in [0.05, 0.1) is 34.3 Å². The molecule has 0 radical (unpaired) electrons. The smallest absolute Gasteiger partial charge is 0.407 e. The van der Waals surface area contributed by atoms with Gasteiger partial charge >= 0.3 is 6.09 Å². The lowest BCUT2D eigenvalue weighted by Crippen LogP contribution is -2.49. The summed E-state index contributed by atoms with van der Waals surface area (Å²) in [6.45, 7) is 3.66. The second-order valence-electron chi connectivity index (χ2n) is 8.68. The number of hydrazone groups is 1. The number of nitrogens with zero attached hydrogens (tertiary/aromatic N) is 3. The average molecular weight is 507 g/mol. The van der Waals surface area contributed by atoms with Gasteiger partial charge in [0.25, 0.3) is 5.91 Å². The van der Waals surface area contributed by atoms with Gasteiger partial charge in [-0.05, 0) is 35.2 Å². The third kappa shape index (κ3) is 4.84. The first-order chi connectivity index (χ1) is 15.5. The highest BCUT2D eigenvalue weighted by atomic mass is 79.9. The lowest BCUT2D eigenvalue weighted by Gasteiger charge is -2.33. The van der Waals surface area contributed by atoms with Crippen LogP contribution in [-0.2, 0) is 11.3 Å². The number of anilines is 1. The van der Waals surface area contributed by atoms with Crippen LogP contribution in [0.2, 0.25) is 0 Å². The van der Waals surface area contributed by atoms with Crippen LogP contribution in [0.4, 0.5) is 10.6 Å². The zero-order chi connectivity index (χ0) is 22.7. The minimum atomic E-state index is -0.362. The zero-order valence-corrected chi connectivity index (χ0v) is 20.2. The van der Waals surface area contributed by atoms with Crippen molar-refractivity contribution < 1.29 is 14.3 Å². The van der Waals surface area contributed by atoms with E-state index in [1.165, 1.54) is 0 Å². The normalized spacial score (nSPS) is 24.3. The number of rotatable bonds is 7. The van der Waals surface area contributed by atoms with Gasteiger partial charge in [0.2, 0.25) is 0 Å². The van der Waals surface area contributed by atoms with Gasteiger partial charge < -0.3 is 20.7 Å². The van der Waals surface area contributed by atoms with Crippen molar-refractivity contribution in [1.82, 2.24) is 20.6 Å². The molecule has 32 heavy (non-hydrogen) atoms. The summed E-state index contributed by atoms with van der Waals surface area (Å²) in [5, 5.41) is 15.7. The van der Waals surface area contributed by atoms with E-state index in [2.05, 4.69) is 43.9 Å². The molecule has 4 rings (SSSR count). The molecular weight excluding hydrogens is 476 g/mol. The molecule has 1 saturated carbocycles. The molecule has 3 atom stereocenters. The molecule has 0 saturated heterocycles. The Hall–Kier alpha value is -2.36. The summed E-state index contributed by atoms with van der Waals surface area (Å²) in [7, 11) is 1.91. The molecule has 0 bridgehead atoms. The molecule has 1 unspecified atom stereocenters. The largest absolute Gasteiger partial charge is 0.450 e. The number of pyridine rings is 1. The SMILES string of the molecule is CCCCOC(=O)N[C@H]1CCCC[C@H]1Nc1nc(C2C=NN(C)C2)c2c(c1Br)CNC2=O. The summed E-state index contributed by atoms with van der Waals surface area (Å²) in [6, 6.07) is -0.00984. The number of nitrogens with one attached hydrogen (secondary N) is 3. The molecule has 0 spiro atoms. The highest BCUT2D eigenvalue weighted by Gasteiger charge is 2.34. The predicted molar refractivity (Wildman–Crippen MR) is 126 cm³/mol. The van der Waals surface area contributed by atoms with Gasteiger partial charge in [-0.3, -0.25) is 9.80 Å². The number of ether oxygens (including phenoxy) is 1. The summed E-state index contributed by atoms with van der Waals surface area (Å²) in [4.78, 5) is 29.7. The van der Waals surface area contributed by atoms with Gasteiger partial charge in [0.1, 0.15) is 5.82 Å². The third-order valence-electron chi connectivity index (χ3n) is 6.29. The second kappa shape index (κ2) is 10.1. The Morgan fingerprint density at radius 1 is 1.34 bits per heavy atom. The Labute approximate surface area is 196 Å². The van der Waals surface area contributed by atoms with Crippen LogP contribution >= 0.6 is 15.9 Å². The highest BCUT2D eigenvalue weighted by molar-refractivity contribution is 9.10. The van der Waals surface area contributed by atoms with Crippen molar-refractivity contribution in [3.8, 4) is 0 Å². The van der Waals surface area contributed by atoms with Crippen LogP contribution in [0.3, 0.4) is 0 Å². The Morgan fingerprint density at radius 2 is 2.12 bits per heavy atom. The fourth-order valence-corrected chi connectivity index (χ4v) is 5.10. The van der Waals surface area contributed by atoms with Gasteiger partial charge in [0, 0.05) is 38.0 Å². The van der Waals surface area contributed by atoms with E-state index >= 15 is 0 Å². The number of amides is 2. The van der Waals surface area contributed by atoms with E-state index in [1.54, 1.807) is 0 Å². The minimum absolute atomic E-state index is 0.0298. The lowest BCUT2D eigenvalue weighted by molar-refractivity contribution is 0.0964. The number of carbonyl (C=O) groups is 2. The summed E-state index contributed by atoms with van der Waals surface area (Å²) in [6.07, 6.45) is 7.28. The van der Waals surface area contributed by atoms with Crippen LogP contribution in [0, 0.1) is 0 Å². The molecule has 1 aromatic rings. The molecule has 2 aliphatic heterocycles. The molecule has 3 N–H and O–H groups in total. The number of hydrogen-bond donors (Lipinski definition) is 3. The van der Waals surface area contributed by atoms with Crippen molar-refractivity contribution in [2.75, 3.05) is 25.5 Å². The molecule has 0 aromatic carbocycles. The van der Waals surface area contributed by atoms with Crippen LogP contribution in [0.1, 0.15) is 73.0 Å². The van der Waals surface area contributed by atoms with Crippen molar-refractivity contribution in [3.05, 3.63) is 21.3 Å². The monoisotopic (exact) mass is 506 g/mol. The minimum Gasteiger partial charge on any atom is -0.450 e. The fraction of sp³-hybridized carbons (Fsp3) is 0.636. The number of aromatic nitrogens is 1. The zero-order valence-electron chi connectivity index (χ0n) is 18.6. The van der Waals surface area contributed by atoms with Crippen LogP contribution in [0.5, 0.6) is 0 Å². The lowest BCUT2D eigenvalue weighted by atomic mass is 9.90. The van der Waals surface area contributed by atoms with E-state index in [0.717, 1.165) is 54.3 Å². The van der Waals surface area contributed by atoms with Crippen LogP contribution in [0.25, 0.3) is 0 Å². The maximum Gasteiger partial charge on any atom is 0.407 e. The highest BCUT2D eigenvalue weighted by Crippen LogP contribution is 2.37. The quantitative estimate of drug-likeness (QED) is 0.489.